The number of benzene rings is 1. The molecule has 0 saturated carbocycles. The molecule has 0 unspecified atom stereocenters. The third-order valence-electron chi connectivity index (χ3n) is 2.48. The topological polar surface area (TPSA) is 75.1 Å². The Hall–Kier alpha value is -2.30. The van der Waals surface area contributed by atoms with Crippen molar-refractivity contribution in [1.29, 1.82) is 0 Å². The fraction of sp³-hybridized carbons (Fsp3) is 0.167. The quantitative estimate of drug-likeness (QED) is 0.832. The van der Waals surface area contributed by atoms with Crippen LogP contribution < -0.4 is 5.56 Å². The number of aliphatic carboxylic acids is 1. The van der Waals surface area contributed by atoms with Gasteiger partial charge >= 0.3 is 5.97 Å². The van der Waals surface area contributed by atoms with Crippen LogP contribution >= 0.6 is 0 Å². The molecule has 1 heterocycles. The van der Waals surface area contributed by atoms with Crippen molar-refractivity contribution in [3.8, 4) is 5.69 Å². The van der Waals surface area contributed by atoms with Crippen molar-refractivity contribution in [3.63, 3.8) is 0 Å². The number of carboxylic acids is 1. The van der Waals surface area contributed by atoms with Gasteiger partial charge in [-0.2, -0.15) is 0 Å². The highest BCUT2D eigenvalue weighted by Crippen LogP contribution is 2.06. The molecule has 0 aliphatic carbocycles. The highest BCUT2D eigenvalue weighted by Gasteiger charge is 2.10. The van der Waals surface area contributed by atoms with Gasteiger partial charge in [0.15, 0.2) is 0 Å². The first-order valence-corrected chi connectivity index (χ1v) is 5.16. The first-order valence-electron chi connectivity index (χ1n) is 5.16. The molecule has 5 nitrogen and oxygen atoms in total. The van der Waals surface area contributed by atoms with E-state index in [0.717, 1.165) is 5.56 Å². The molecule has 88 valence electrons. The van der Waals surface area contributed by atoms with Crippen LogP contribution in [0.15, 0.2) is 35.3 Å². The lowest BCUT2D eigenvalue weighted by molar-refractivity contribution is -0.136. The zero-order valence-electron chi connectivity index (χ0n) is 9.30. The highest BCUT2D eigenvalue weighted by molar-refractivity contribution is 5.69. The lowest BCUT2D eigenvalue weighted by Crippen LogP contribution is -2.19. The Kier molecular flexibility index (Phi) is 2.82. The second kappa shape index (κ2) is 4.29. The molecule has 2 rings (SSSR count). The maximum absolute atomic E-state index is 11.9. The number of aryl methyl sites for hydroxylation is 1. The van der Waals surface area contributed by atoms with Gasteiger partial charge in [0.2, 0.25) is 0 Å². The summed E-state index contributed by atoms with van der Waals surface area (Å²) < 4.78 is 1.33. The summed E-state index contributed by atoms with van der Waals surface area (Å²) >= 11 is 0. The van der Waals surface area contributed by atoms with E-state index in [1.807, 2.05) is 19.1 Å². The lowest BCUT2D eigenvalue weighted by Gasteiger charge is -2.01. The van der Waals surface area contributed by atoms with E-state index >= 15 is 0 Å². The van der Waals surface area contributed by atoms with Crippen LogP contribution in [0.25, 0.3) is 5.69 Å². The number of H-pyrrole nitrogens is 1. The van der Waals surface area contributed by atoms with Gasteiger partial charge in [-0.25, -0.2) is 4.68 Å². The van der Waals surface area contributed by atoms with Gasteiger partial charge < -0.3 is 5.11 Å². The molecular weight excluding hydrogens is 220 g/mol. The van der Waals surface area contributed by atoms with Crippen LogP contribution in [0.2, 0.25) is 0 Å². The summed E-state index contributed by atoms with van der Waals surface area (Å²) in [5.41, 5.74) is 1.71. The van der Waals surface area contributed by atoms with Crippen molar-refractivity contribution in [3.05, 3.63) is 51.9 Å². The number of rotatable bonds is 3. The monoisotopic (exact) mass is 232 g/mol. The minimum atomic E-state index is -1.02. The molecule has 0 radical (unpaired) electrons. The van der Waals surface area contributed by atoms with Crippen molar-refractivity contribution in [2.24, 2.45) is 0 Å². The van der Waals surface area contributed by atoms with Crippen LogP contribution in [0.3, 0.4) is 0 Å². The first kappa shape index (κ1) is 11.2. The predicted molar refractivity (Wildman–Crippen MR) is 62.5 cm³/mol. The molecule has 5 heteroatoms. The third-order valence-corrected chi connectivity index (χ3v) is 2.48. The SMILES string of the molecule is Cc1ccc(-n2[nH]cc(CC(=O)O)c2=O)cc1. The van der Waals surface area contributed by atoms with Crippen molar-refractivity contribution in [2.45, 2.75) is 13.3 Å². The molecule has 0 fully saturated rings. The minimum Gasteiger partial charge on any atom is -0.481 e. The predicted octanol–water partition coefficient (Wildman–Crippen LogP) is 1.10. The maximum Gasteiger partial charge on any atom is 0.308 e. The average molecular weight is 232 g/mol. The summed E-state index contributed by atoms with van der Waals surface area (Å²) in [6.45, 7) is 1.96. The molecule has 0 atom stereocenters. The van der Waals surface area contributed by atoms with Crippen molar-refractivity contribution < 1.29 is 9.90 Å². The molecule has 17 heavy (non-hydrogen) atoms. The Morgan fingerprint density at radius 1 is 1.35 bits per heavy atom. The van der Waals surface area contributed by atoms with E-state index in [9.17, 15) is 9.59 Å². The number of hydrogen-bond donors (Lipinski definition) is 2. The summed E-state index contributed by atoms with van der Waals surface area (Å²) in [5.74, 6) is -1.02. The molecular formula is C12H12N2O3. The van der Waals surface area contributed by atoms with E-state index in [1.54, 1.807) is 12.1 Å². The van der Waals surface area contributed by atoms with Crippen LogP contribution in [0.4, 0.5) is 0 Å². The second-order valence-electron chi connectivity index (χ2n) is 3.85. The van der Waals surface area contributed by atoms with Gasteiger partial charge in [-0.15, -0.1) is 0 Å². The summed E-state index contributed by atoms with van der Waals surface area (Å²) in [5, 5.41) is 11.4. The molecule has 0 aliphatic heterocycles. The van der Waals surface area contributed by atoms with Gasteiger partial charge in [0.25, 0.3) is 5.56 Å². The van der Waals surface area contributed by atoms with Gasteiger partial charge in [0.05, 0.1) is 12.1 Å². The van der Waals surface area contributed by atoms with Crippen LogP contribution in [0, 0.1) is 6.92 Å². The number of nitrogens with one attached hydrogen (secondary N) is 1. The van der Waals surface area contributed by atoms with E-state index in [4.69, 9.17) is 5.11 Å². The van der Waals surface area contributed by atoms with Gasteiger partial charge in [-0.1, -0.05) is 17.7 Å². The van der Waals surface area contributed by atoms with E-state index in [-0.39, 0.29) is 17.5 Å². The number of aromatic amines is 1. The Balaban J connectivity index is 2.40. The van der Waals surface area contributed by atoms with E-state index in [2.05, 4.69) is 5.10 Å². The minimum absolute atomic E-state index is 0.248. The fourth-order valence-corrected chi connectivity index (χ4v) is 1.58. The number of carboxylic acid groups (broad SMARTS) is 1. The average Bonchev–Trinajstić information content (AvgIpc) is 2.61. The van der Waals surface area contributed by atoms with Crippen molar-refractivity contribution >= 4 is 5.97 Å². The van der Waals surface area contributed by atoms with E-state index in [0.29, 0.717) is 5.69 Å². The second-order valence-corrected chi connectivity index (χ2v) is 3.85. The molecule has 0 aliphatic rings. The molecule has 0 spiro atoms. The van der Waals surface area contributed by atoms with Crippen LogP contribution in [-0.2, 0) is 11.2 Å². The molecule has 0 bridgehead atoms. The third kappa shape index (κ3) is 2.28. The van der Waals surface area contributed by atoms with Crippen LogP contribution in [0.1, 0.15) is 11.1 Å². The Morgan fingerprint density at radius 3 is 2.59 bits per heavy atom. The summed E-state index contributed by atoms with van der Waals surface area (Å²) in [7, 11) is 0. The van der Waals surface area contributed by atoms with Crippen molar-refractivity contribution in [1.82, 2.24) is 9.78 Å². The highest BCUT2D eigenvalue weighted by atomic mass is 16.4. The van der Waals surface area contributed by atoms with Crippen LogP contribution in [0.5, 0.6) is 0 Å². The normalized spacial score (nSPS) is 10.4. The number of nitrogens with zero attached hydrogens (tertiary/aromatic N) is 1. The van der Waals surface area contributed by atoms with Gasteiger partial charge in [0.1, 0.15) is 0 Å². The standard InChI is InChI=1S/C12H12N2O3/c1-8-2-4-10(5-3-8)14-12(17)9(7-13-14)6-11(15)16/h2-5,7,13H,6H2,1H3,(H,15,16). The van der Waals surface area contributed by atoms with E-state index in [1.165, 1.54) is 10.9 Å². The molecule has 0 amide bonds. The zero-order valence-corrected chi connectivity index (χ0v) is 9.30. The summed E-state index contributed by atoms with van der Waals surface area (Å²) in [6.07, 6.45) is 1.16. The summed E-state index contributed by atoms with van der Waals surface area (Å²) in [6, 6.07) is 7.38. The van der Waals surface area contributed by atoms with Gasteiger partial charge in [-0.3, -0.25) is 14.7 Å². The molecule has 0 saturated heterocycles. The number of carbonyl (C=O) groups is 1. The zero-order chi connectivity index (χ0) is 12.4. The molecule has 1 aromatic heterocycles. The molecule has 2 aromatic rings. The van der Waals surface area contributed by atoms with Gasteiger partial charge in [0, 0.05) is 11.8 Å². The van der Waals surface area contributed by atoms with Gasteiger partial charge in [-0.05, 0) is 19.1 Å². The Labute approximate surface area is 97.3 Å². The fourth-order valence-electron chi connectivity index (χ4n) is 1.58. The lowest BCUT2D eigenvalue weighted by atomic mass is 10.2. The smallest absolute Gasteiger partial charge is 0.308 e. The van der Waals surface area contributed by atoms with E-state index < -0.39 is 5.97 Å². The number of hydrogen-bond acceptors (Lipinski definition) is 2. The molecule has 1 aromatic carbocycles. The van der Waals surface area contributed by atoms with Crippen molar-refractivity contribution in [2.75, 3.05) is 0 Å². The Morgan fingerprint density at radius 2 is 2.00 bits per heavy atom. The molecule has 2 N–H and O–H groups in total. The Bertz CT molecular complexity index is 593. The van der Waals surface area contributed by atoms with Crippen LogP contribution in [-0.4, -0.2) is 20.9 Å². The first-order chi connectivity index (χ1) is 8.08. The largest absolute Gasteiger partial charge is 0.481 e. The summed E-state index contributed by atoms with van der Waals surface area (Å²) in [4.78, 5) is 22.4. The maximum atomic E-state index is 11.9. The number of aromatic nitrogens is 2.